The molecular weight excluding hydrogens is 390 g/mol. The van der Waals surface area contributed by atoms with Crippen molar-refractivity contribution in [3.05, 3.63) is 59.5 Å². The van der Waals surface area contributed by atoms with Crippen LogP contribution in [0.5, 0.6) is 0 Å². The molecule has 0 atom stereocenters. The maximum absolute atomic E-state index is 13.0. The van der Waals surface area contributed by atoms with Gasteiger partial charge in [0.2, 0.25) is 0 Å². The highest BCUT2D eigenvalue weighted by molar-refractivity contribution is 7.92. The molecule has 0 bridgehead atoms. The van der Waals surface area contributed by atoms with Gasteiger partial charge >= 0.3 is 0 Å². The summed E-state index contributed by atoms with van der Waals surface area (Å²) in [5, 5.41) is 6.31. The van der Waals surface area contributed by atoms with E-state index in [0.717, 1.165) is 27.6 Å². The number of hydrogen-bond donors (Lipinski definition) is 1. The average molecular weight is 414 g/mol. The summed E-state index contributed by atoms with van der Waals surface area (Å²) in [5.74, 6) is 0. The van der Waals surface area contributed by atoms with E-state index in [-0.39, 0.29) is 5.54 Å². The SMILES string of the molecule is CC(C)(C)Nc1nc(-c2ccc3c(c2)CCN3S(=O)(=O)c2ccccc2)cs1. The number of nitrogens with zero attached hydrogens (tertiary/aromatic N) is 2. The first-order valence-electron chi connectivity index (χ1n) is 9.19. The van der Waals surface area contributed by atoms with Crippen LogP contribution in [0.2, 0.25) is 0 Å². The Morgan fingerprint density at radius 1 is 1.11 bits per heavy atom. The van der Waals surface area contributed by atoms with Crippen LogP contribution < -0.4 is 9.62 Å². The highest BCUT2D eigenvalue weighted by Gasteiger charge is 2.31. The van der Waals surface area contributed by atoms with Crippen molar-refractivity contribution in [3.8, 4) is 11.3 Å². The van der Waals surface area contributed by atoms with Crippen LogP contribution in [-0.4, -0.2) is 25.5 Å². The minimum absolute atomic E-state index is 0.0423. The number of benzene rings is 2. The van der Waals surface area contributed by atoms with E-state index in [4.69, 9.17) is 0 Å². The second-order valence-corrected chi connectivity index (χ2v) is 10.6. The second kappa shape index (κ2) is 6.90. The fourth-order valence-electron chi connectivity index (χ4n) is 3.28. The molecule has 0 spiro atoms. The predicted octanol–water partition coefficient (Wildman–Crippen LogP) is 4.77. The molecule has 1 aliphatic heterocycles. The van der Waals surface area contributed by atoms with Gasteiger partial charge in [-0.05, 0) is 57.0 Å². The number of thiazole rings is 1. The third-order valence-corrected chi connectivity index (χ3v) is 7.13. The van der Waals surface area contributed by atoms with Gasteiger partial charge in [0, 0.05) is 23.0 Å². The maximum atomic E-state index is 13.0. The van der Waals surface area contributed by atoms with Gasteiger partial charge in [0.15, 0.2) is 5.13 Å². The van der Waals surface area contributed by atoms with Gasteiger partial charge in [0.05, 0.1) is 16.3 Å². The number of nitrogens with one attached hydrogen (secondary N) is 1. The van der Waals surface area contributed by atoms with E-state index < -0.39 is 10.0 Å². The van der Waals surface area contributed by atoms with Crippen LogP contribution in [0.4, 0.5) is 10.8 Å². The van der Waals surface area contributed by atoms with Gasteiger partial charge in [-0.15, -0.1) is 11.3 Å². The molecule has 0 saturated heterocycles. The Morgan fingerprint density at radius 3 is 2.57 bits per heavy atom. The molecule has 1 aliphatic rings. The smallest absolute Gasteiger partial charge is 0.264 e. The Labute approximate surface area is 170 Å². The lowest BCUT2D eigenvalue weighted by Gasteiger charge is -2.20. The minimum Gasteiger partial charge on any atom is -0.357 e. The molecule has 0 radical (unpaired) electrons. The van der Waals surface area contributed by atoms with Crippen molar-refractivity contribution in [2.24, 2.45) is 0 Å². The molecule has 0 saturated carbocycles. The molecule has 1 aromatic heterocycles. The van der Waals surface area contributed by atoms with Crippen molar-refractivity contribution >= 4 is 32.2 Å². The van der Waals surface area contributed by atoms with Crippen LogP contribution in [-0.2, 0) is 16.4 Å². The lowest BCUT2D eigenvalue weighted by molar-refractivity contribution is 0.592. The zero-order chi connectivity index (χ0) is 19.9. The van der Waals surface area contributed by atoms with E-state index in [1.807, 2.05) is 23.6 Å². The monoisotopic (exact) mass is 413 g/mol. The van der Waals surface area contributed by atoms with Gasteiger partial charge in [0.1, 0.15) is 0 Å². The van der Waals surface area contributed by atoms with Gasteiger partial charge in [-0.1, -0.05) is 24.3 Å². The van der Waals surface area contributed by atoms with Crippen LogP contribution in [0.15, 0.2) is 58.8 Å². The topological polar surface area (TPSA) is 62.3 Å². The van der Waals surface area contributed by atoms with Crippen molar-refractivity contribution in [1.82, 2.24) is 4.98 Å². The summed E-state index contributed by atoms with van der Waals surface area (Å²) in [6, 6.07) is 14.5. The molecule has 0 fully saturated rings. The van der Waals surface area contributed by atoms with Gasteiger partial charge in [0.25, 0.3) is 10.0 Å². The quantitative estimate of drug-likeness (QED) is 0.669. The van der Waals surface area contributed by atoms with Crippen LogP contribution in [0.25, 0.3) is 11.3 Å². The first-order chi connectivity index (χ1) is 13.2. The largest absolute Gasteiger partial charge is 0.357 e. The molecule has 3 aromatic rings. The normalized spacial score (nSPS) is 14.2. The molecule has 0 aliphatic carbocycles. The Bertz CT molecular complexity index is 1100. The Kier molecular flexibility index (Phi) is 4.67. The molecule has 146 valence electrons. The van der Waals surface area contributed by atoms with E-state index >= 15 is 0 Å². The zero-order valence-electron chi connectivity index (χ0n) is 16.1. The molecular formula is C21H23N3O2S2. The fourth-order valence-corrected chi connectivity index (χ4v) is 5.74. The minimum atomic E-state index is -3.54. The summed E-state index contributed by atoms with van der Waals surface area (Å²) in [6.45, 7) is 6.77. The van der Waals surface area contributed by atoms with E-state index in [2.05, 4.69) is 37.1 Å². The number of hydrogen-bond acceptors (Lipinski definition) is 5. The second-order valence-electron chi connectivity index (χ2n) is 7.90. The number of sulfonamides is 1. The molecule has 7 heteroatoms. The lowest BCUT2D eigenvalue weighted by Crippen LogP contribution is -2.29. The fraction of sp³-hybridized carbons (Fsp3) is 0.286. The van der Waals surface area contributed by atoms with E-state index in [9.17, 15) is 8.42 Å². The van der Waals surface area contributed by atoms with Crippen LogP contribution in [0, 0.1) is 0 Å². The molecule has 28 heavy (non-hydrogen) atoms. The van der Waals surface area contributed by atoms with Gasteiger partial charge in [-0.25, -0.2) is 13.4 Å². The molecule has 1 N–H and O–H groups in total. The Hall–Kier alpha value is -2.38. The molecule has 2 aromatic carbocycles. The van der Waals surface area contributed by atoms with Crippen LogP contribution in [0.3, 0.4) is 0 Å². The summed E-state index contributed by atoms with van der Waals surface area (Å²) in [6.07, 6.45) is 0.701. The Balaban J connectivity index is 1.63. The highest BCUT2D eigenvalue weighted by Crippen LogP contribution is 2.36. The Morgan fingerprint density at radius 2 is 1.86 bits per heavy atom. The van der Waals surface area contributed by atoms with Gasteiger partial charge in [-0.3, -0.25) is 4.31 Å². The first kappa shape index (κ1) is 19.0. The summed E-state index contributed by atoms with van der Waals surface area (Å²) >= 11 is 1.58. The summed E-state index contributed by atoms with van der Waals surface area (Å²) < 4.78 is 27.5. The van der Waals surface area contributed by atoms with Crippen LogP contribution >= 0.6 is 11.3 Å². The van der Waals surface area contributed by atoms with Crippen molar-refractivity contribution in [3.63, 3.8) is 0 Å². The van der Waals surface area contributed by atoms with E-state index in [1.54, 1.807) is 35.6 Å². The van der Waals surface area contributed by atoms with Gasteiger partial charge < -0.3 is 5.32 Å². The first-order valence-corrected chi connectivity index (χ1v) is 11.5. The zero-order valence-corrected chi connectivity index (χ0v) is 17.8. The number of rotatable bonds is 4. The molecule has 0 amide bonds. The third kappa shape index (κ3) is 3.64. The average Bonchev–Trinajstić information content (AvgIpc) is 3.27. The van der Waals surface area contributed by atoms with Crippen molar-refractivity contribution in [2.75, 3.05) is 16.2 Å². The van der Waals surface area contributed by atoms with Crippen molar-refractivity contribution in [2.45, 2.75) is 37.6 Å². The highest BCUT2D eigenvalue weighted by atomic mass is 32.2. The lowest BCUT2D eigenvalue weighted by atomic mass is 10.1. The summed E-state index contributed by atoms with van der Waals surface area (Å²) in [5.41, 5.74) is 3.67. The molecule has 5 nitrogen and oxygen atoms in total. The summed E-state index contributed by atoms with van der Waals surface area (Å²) in [7, 11) is -3.54. The molecule has 0 unspecified atom stereocenters. The van der Waals surface area contributed by atoms with Crippen molar-refractivity contribution < 1.29 is 8.42 Å². The number of aromatic nitrogens is 1. The number of anilines is 2. The molecule has 4 rings (SSSR count). The van der Waals surface area contributed by atoms with E-state index in [1.165, 1.54) is 4.31 Å². The number of fused-ring (bicyclic) bond motifs is 1. The van der Waals surface area contributed by atoms with Gasteiger partial charge in [-0.2, -0.15) is 0 Å². The maximum Gasteiger partial charge on any atom is 0.264 e. The van der Waals surface area contributed by atoms with Crippen molar-refractivity contribution in [1.29, 1.82) is 0 Å². The predicted molar refractivity (Wildman–Crippen MR) is 116 cm³/mol. The molecule has 2 heterocycles. The van der Waals surface area contributed by atoms with E-state index in [0.29, 0.717) is 17.9 Å². The third-order valence-electron chi connectivity index (χ3n) is 4.55. The summed E-state index contributed by atoms with van der Waals surface area (Å²) in [4.78, 5) is 5.01. The standard InChI is InChI=1S/C21H23N3O2S2/c1-21(2,3)23-20-22-18(14-27-20)15-9-10-19-16(13-15)11-12-24(19)28(25,26)17-7-5-4-6-8-17/h4-10,13-14H,11-12H2,1-3H3,(H,22,23). The van der Waals surface area contributed by atoms with Crippen LogP contribution in [0.1, 0.15) is 26.3 Å².